The Kier molecular flexibility index (Phi) is 13.8. The molecule has 0 radical (unpaired) electrons. The van der Waals surface area contributed by atoms with Gasteiger partial charge >= 0.3 is 5.97 Å². The van der Waals surface area contributed by atoms with E-state index in [4.69, 9.17) is 20.8 Å². The number of phenolic OH excluding ortho intramolecular Hbond substituents is 1. The molecular formula is C42H36N8O10. The normalized spacial score (nSPS) is 10.9. The van der Waals surface area contributed by atoms with Gasteiger partial charge in [0.25, 0.3) is 23.6 Å². The second kappa shape index (κ2) is 19.5. The SMILES string of the molecule is CCCOc1c(NC(=O)c2ccc(NC(=O)[C@H](CC(N)=O)NC(=O)c3ccc(NC(=O)c4ccc(C#N)cn4)cc3)cc2)ccc(C(=O)Nc2ccc(C(=O)O)cc2)c1O. The van der Waals surface area contributed by atoms with Crippen molar-refractivity contribution < 1.29 is 48.5 Å². The fourth-order valence-corrected chi connectivity index (χ4v) is 5.37. The van der Waals surface area contributed by atoms with Gasteiger partial charge in [-0.25, -0.2) is 9.78 Å². The first kappa shape index (κ1) is 42.6. The minimum Gasteiger partial charge on any atom is -0.504 e. The van der Waals surface area contributed by atoms with Crippen molar-refractivity contribution in [3.63, 3.8) is 0 Å². The van der Waals surface area contributed by atoms with Crippen molar-refractivity contribution in [2.24, 2.45) is 5.73 Å². The molecule has 18 nitrogen and oxygen atoms in total. The number of carboxylic acid groups (broad SMARTS) is 1. The molecule has 1 heterocycles. The van der Waals surface area contributed by atoms with Crippen LogP contribution < -0.4 is 37.1 Å². The number of primary amides is 1. The number of anilines is 4. The molecule has 0 saturated heterocycles. The lowest BCUT2D eigenvalue weighted by Gasteiger charge is -2.18. The van der Waals surface area contributed by atoms with E-state index >= 15 is 0 Å². The molecule has 0 unspecified atom stereocenters. The number of carboxylic acids is 1. The number of nitrogens with one attached hydrogen (secondary N) is 5. The number of carbonyl (C=O) groups is 7. The number of phenols is 1. The van der Waals surface area contributed by atoms with Gasteiger partial charge < -0.3 is 47.3 Å². The summed E-state index contributed by atoms with van der Waals surface area (Å²) in [4.78, 5) is 92.0. The largest absolute Gasteiger partial charge is 0.504 e. The predicted octanol–water partition coefficient (Wildman–Crippen LogP) is 4.52. The third kappa shape index (κ3) is 11.0. The van der Waals surface area contributed by atoms with Gasteiger partial charge in [-0.05, 0) is 103 Å². The van der Waals surface area contributed by atoms with Crippen molar-refractivity contribution in [2.75, 3.05) is 27.9 Å². The summed E-state index contributed by atoms with van der Waals surface area (Å²) in [6, 6.07) is 22.6. The number of nitrogens with two attached hydrogens (primary N) is 1. The molecule has 304 valence electrons. The lowest BCUT2D eigenvalue weighted by molar-refractivity contribution is -0.123. The Bertz CT molecular complexity index is 2480. The van der Waals surface area contributed by atoms with Crippen molar-refractivity contribution in [2.45, 2.75) is 25.8 Å². The third-order valence-electron chi connectivity index (χ3n) is 8.44. The maximum atomic E-state index is 13.3. The topological polar surface area (TPSA) is 292 Å². The molecule has 0 bridgehead atoms. The standard InChI is InChI=1S/C42H36N8O10/c1-2-19-60-36-31(18-16-30(35(36)52)39(55)46-27-14-8-26(9-15-27)42(58)59)49-37(53)24-4-12-29(13-5-24)48-41(57)33(20-34(44)51)50-38(54)25-6-10-28(11-7-25)47-40(56)32-17-3-23(21-43)22-45-32/h3-18,22,33,52H,2,19-20H2,1H3,(H2,44,51)(H,46,55)(H,47,56)(H,48,57)(H,49,53)(H,50,54)(H,58,59)/t33-/m0/s1. The van der Waals surface area contributed by atoms with Crippen LogP contribution in [0.3, 0.4) is 0 Å². The number of benzene rings is 4. The Labute approximate surface area is 341 Å². The minimum atomic E-state index is -1.39. The highest BCUT2D eigenvalue weighted by Gasteiger charge is 2.25. The van der Waals surface area contributed by atoms with Crippen LogP contribution in [-0.4, -0.2) is 69.3 Å². The summed E-state index contributed by atoms with van der Waals surface area (Å²) in [7, 11) is 0. The van der Waals surface area contributed by atoms with Crippen LogP contribution in [0.2, 0.25) is 0 Å². The summed E-state index contributed by atoms with van der Waals surface area (Å²) in [6.45, 7) is 1.95. The zero-order valence-electron chi connectivity index (χ0n) is 31.6. The molecular weight excluding hydrogens is 777 g/mol. The molecule has 6 amide bonds. The van der Waals surface area contributed by atoms with Crippen LogP contribution in [0.5, 0.6) is 11.5 Å². The summed E-state index contributed by atoms with van der Waals surface area (Å²) in [5.41, 5.74) is 6.65. The van der Waals surface area contributed by atoms with Crippen molar-refractivity contribution in [1.29, 1.82) is 5.26 Å². The van der Waals surface area contributed by atoms with Crippen molar-refractivity contribution in [1.82, 2.24) is 10.3 Å². The number of hydrogen-bond donors (Lipinski definition) is 8. The van der Waals surface area contributed by atoms with Gasteiger partial charge in [-0.2, -0.15) is 5.26 Å². The number of nitrogens with zero attached hydrogens (tertiary/aromatic N) is 2. The average Bonchev–Trinajstić information content (AvgIpc) is 3.23. The fourth-order valence-electron chi connectivity index (χ4n) is 5.37. The molecule has 0 saturated carbocycles. The van der Waals surface area contributed by atoms with Gasteiger partial charge in [0.2, 0.25) is 11.8 Å². The Morgan fingerprint density at radius 1 is 0.717 bits per heavy atom. The van der Waals surface area contributed by atoms with E-state index < -0.39 is 59.6 Å². The van der Waals surface area contributed by atoms with E-state index in [2.05, 4.69) is 31.6 Å². The number of nitriles is 1. The maximum Gasteiger partial charge on any atom is 0.335 e. The van der Waals surface area contributed by atoms with E-state index in [-0.39, 0.29) is 62.9 Å². The van der Waals surface area contributed by atoms with E-state index in [1.165, 1.54) is 103 Å². The van der Waals surface area contributed by atoms with Crippen molar-refractivity contribution in [3.8, 4) is 17.6 Å². The van der Waals surface area contributed by atoms with Crippen LogP contribution >= 0.6 is 0 Å². The first-order chi connectivity index (χ1) is 28.8. The highest BCUT2D eigenvalue weighted by Crippen LogP contribution is 2.38. The van der Waals surface area contributed by atoms with Gasteiger partial charge in [0.15, 0.2) is 11.5 Å². The average molecular weight is 813 g/mol. The van der Waals surface area contributed by atoms with Crippen molar-refractivity contribution >= 4 is 64.2 Å². The van der Waals surface area contributed by atoms with Crippen LogP contribution in [0.25, 0.3) is 0 Å². The second-order valence-electron chi connectivity index (χ2n) is 12.8. The molecule has 0 aliphatic heterocycles. The molecule has 18 heteroatoms. The summed E-state index contributed by atoms with van der Waals surface area (Å²) in [5, 5.41) is 41.9. The second-order valence-corrected chi connectivity index (χ2v) is 12.8. The van der Waals surface area contributed by atoms with Gasteiger partial charge in [0, 0.05) is 34.4 Å². The number of ether oxygens (including phenoxy) is 1. The highest BCUT2D eigenvalue weighted by molar-refractivity contribution is 6.10. The molecule has 9 N–H and O–H groups in total. The van der Waals surface area contributed by atoms with Gasteiger partial charge in [-0.3, -0.25) is 28.8 Å². The fraction of sp³-hybridized carbons (Fsp3) is 0.119. The molecule has 5 aromatic rings. The molecule has 0 aliphatic carbocycles. The molecule has 1 atom stereocenters. The lowest BCUT2D eigenvalue weighted by atomic mass is 10.1. The van der Waals surface area contributed by atoms with E-state index in [0.717, 1.165) is 0 Å². The van der Waals surface area contributed by atoms with Gasteiger partial charge in [0.05, 0.1) is 35.4 Å². The van der Waals surface area contributed by atoms with Gasteiger partial charge in [-0.1, -0.05) is 6.92 Å². The zero-order valence-corrected chi connectivity index (χ0v) is 31.6. The number of pyridine rings is 1. The number of aromatic nitrogens is 1. The summed E-state index contributed by atoms with van der Waals surface area (Å²) in [6.07, 6.45) is 1.25. The molecule has 60 heavy (non-hydrogen) atoms. The van der Waals surface area contributed by atoms with E-state index in [1.807, 2.05) is 13.0 Å². The monoisotopic (exact) mass is 812 g/mol. The van der Waals surface area contributed by atoms with Gasteiger partial charge in [0.1, 0.15) is 17.8 Å². The molecule has 5 rings (SSSR count). The predicted molar refractivity (Wildman–Crippen MR) is 217 cm³/mol. The van der Waals surface area contributed by atoms with E-state index in [1.54, 1.807) is 0 Å². The van der Waals surface area contributed by atoms with Gasteiger partial charge in [-0.15, -0.1) is 0 Å². The van der Waals surface area contributed by atoms with Crippen LogP contribution in [0.15, 0.2) is 103 Å². The number of aromatic hydroxyl groups is 1. The number of amides is 6. The summed E-state index contributed by atoms with van der Waals surface area (Å²) >= 11 is 0. The lowest BCUT2D eigenvalue weighted by Crippen LogP contribution is -2.46. The van der Waals surface area contributed by atoms with E-state index in [9.17, 15) is 38.7 Å². The first-order valence-corrected chi connectivity index (χ1v) is 18.0. The molecule has 0 aliphatic rings. The van der Waals surface area contributed by atoms with Crippen LogP contribution in [0.1, 0.15) is 77.2 Å². The quantitative estimate of drug-likeness (QED) is 0.0683. The highest BCUT2D eigenvalue weighted by atomic mass is 16.5. The Balaban J connectivity index is 1.21. The smallest absolute Gasteiger partial charge is 0.335 e. The first-order valence-electron chi connectivity index (χ1n) is 18.0. The maximum absolute atomic E-state index is 13.3. The number of aromatic carboxylic acids is 1. The number of carbonyl (C=O) groups excluding carboxylic acids is 6. The number of rotatable bonds is 16. The Morgan fingerprint density at radius 2 is 1.28 bits per heavy atom. The molecule has 4 aromatic carbocycles. The summed E-state index contributed by atoms with van der Waals surface area (Å²) in [5.74, 6) is -6.12. The van der Waals surface area contributed by atoms with Crippen LogP contribution in [0, 0.1) is 11.3 Å². The zero-order chi connectivity index (χ0) is 43.3. The number of hydrogen-bond acceptors (Lipinski definition) is 11. The Morgan fingerprint density at radius 3 is 1.82 bits per heavy atom. The van der Waals surface area contributed by atoms with Crippen LogP contribution in [0.4, 0.5) is 22.7 Å². The van der Waals surface area contributed by atoms with Crippen molar-refractivity contribution in [3.05, 3.63) is 137 Å². The molecule has 0 fully saturated rings. The van der Waals surface area contributed by atoms with E-state index in [0.29, 0.717) is 12.1 Å². The minimum absolute atomic E-state index is 0.0210. The molecule has 0 spiro atoms. The molecule has 1 aromatic heterocycles. The summed E-state index contributed by atoms with van der Waals surface area (Å²) < 4.78 is 5.70. The van der Waals surface area contributed by atoms with Crippen LogP contribution in [-0.2, 0) is 9.59 Å². The third-order valence-corrected chi connectivity index (χ3v) is 8.44. The Hall–Kier alpha value is -8.59.